The van der Waals surface area contributed by atoms with Crippen LogP contribution in [0.25, 0.3) is 16.8 Å². The predicted molar refractivity (Wildman–Crippen MR) is 152 cm³/mol. The van der Waals surface area contributed by atoms with E-state index in [2.05, 4.69) is 15.9 Å². The third-order valence-electron chi connectivity index (χ3n) is 6.01. The zero-order valence-corrected chi connectivity index (χ0v) is 22.9. The summed E-state index contributed by atoms with van der Waals surface area (Å²) in [7, 11) is 0. The van der Waals surface area contributed by atoms with E-state index < -0.39 is 0 Å². The molecule has 8 heteroatoms. The van der Waals surface area contributed by atoms with Gasteiger partial charge in [0.25, 0.3) is 11.1 Å². The van der Waals surface area contributed by atoms with Crippen LogP contribution >= 0.6 is 27.7 Å². The standard InChI is InChI=1S/C30H23BrFNO4S/c1-2-36-26-14-22(25(31)16-27(26)37-18-19-7-5-11-23(32)13-19)15-28-29(34)33(30(35)38-28)17-21-10-6-9-20-8-3-4-12-24(20)21/h3-16H,2,17-18H2,1H3/b28-15+. The zero-order valence-electron chi connectivity index (χ0n) is 20.4. The number of ether oxygens (including phenoxy) is 2. The number of hydrogen-bond acceptors (Lipinski definition) is 5. The van der Waals surface area contributed by atoms with Gasteiger partial charge in [0, 0.05) is 4.47 Å². The molecule has 1 fully saturated rings. The zero-order chi connectivity index (χ0) is 26.6. The Labute approximate surface area is 232 Å². The second kappa shape index (κ2) is 11.4. The molecule has 0 aromatic heterocycles. The molecule has 5 rings (SSSR count). The first-order valence-electron chi connectivity index (χ1n) is 12.0. The third-order valence-corrected chi connectivity index (χ3v) is 7.61. The van der Waals surface area contributed by atoms with E-state index >= 15 is 0 Å². The molecule has 5 nitrogen and oxygen atoms in total. The minimum atomic E-state index is -0.343. The van der Waals surface area contributed by atoms with Gasteiger partial charge < -0.3 is 9.47 Å². The van der Waals surface area contributed by atoms with Crippen LogP contribution < -0.4 is 9.47 Å². The summed E-state index contributed by atoms with van der Waals surface area (Å²) in [5.74, 6) is 0.281. The Kier molecular flexibility index (Phi) is 7.81. The van der Waals surface area contributed by atoms with Gasteiger partial charge in [-0.25, -0.2) is 4.39 Å². The van der Waals surface area contributed by atoms with Crippen molar-refractivity contribution >= 4 is 55.7 Å². The highest BCUT2D eigenvalue weighted by Gasteiger charge is 2.35. The lowest BCUT2D eigenvalue weighted by atomic mass is 10.0. The van der Waals surface area contributed by atoms with Crippen molar-refractivity contribution in [3.63, 3.8) is 0 Å². The summed E-state index contributed by atoms with van der Waals surface area (Å²) < 4.78 is 25.9. The molecule has 38 heavy (non-hydrogen) atoms. The summed E-state index contributed by atoms with van der Waals surface area (Å²) in [6, 6.07) is 23.5. The number of fused-ring (bicyclic) bond motifs is 1. The number of nitrogens with zero attached hydrogens (tertiary/aromatic N) is 1. The summed E-state index contributed by atoms with van der Waals surface area (Å²) in [4.78, 5) is 27.7. The molecule has 1 aliphatic rings. The van der Waals surface area contributed by atoms with E-state index in [4.69, 9.17) is 9.47 Å². The SMILES string of the molecule is CCOc1cc(/C=C2/SC(=O)N(Cc3cccc4ccccc34)C2=O)c(Br)cc1OCc1cccc(F)c1. The average Bonchev–Trinajstić information content (AvgIpc) is 3.17. The minimum Gasteiger partial charge on any atom is -0.490 e. The van der Waals surface area contributed by atoms with Gasteiger partial charge >= 0.3 is 0 Å². The topological polar surface area (TPSA) is 55.8 Å². The lowest BCUT2D eigenvalue weighted by Gasteiger charge is -2.15. The van der Waals surface area contributed by atoms with Crippen molar-refractivity contribution in [3.8, 4) is 11.5 Å². The van der Waals surface area contributed by atoms with Gasteiger partial charge in [0.1, 0.15) is 12.4 Å². The smallest absolute Gasteiger partial charge is 0.293 e. The van der Waals surface area contributed by atoms with Crippen LogP contribution in [0.5, 0.6) is 11.5 Å². The van der Waals surface area contributed by atoms with Crippen LogP contribution in [0.3, 0.4) is 0 Å². The van der Waals surface area contributed by atoms with Gasteiger partial charge in [-0.2, -0.15) is 0 Å². The Morgan fingerprint density at radius 3 is 2.53 bits per heavy atom. The number of amides is 2. The molecular formula is C30H23BrFNO4S. The Bertz CT molecular complexity index is 1570. The van der Waals surface area contributed by atoms with E-state index in [-0.39, 0.29) is 30.1 Å². The number of hydrogen-bond donors (Lipinski definition) is 0. The maximum Gasteiger partial charge on any atom is 0.293 e. The molecule has 0 aliphatic carbocycles. The average molecular weight is 592 g/mol. The van der Waals surface area contributed by atoms with Crippen molar-refractivity contribution in [3.05, 3.63) is 111 Å². The molecule has 1 heterocycles. The monoisotopic (exact) mass is 591 g/mol. The van der Waals surface area contributed by atoms with E-state index in [9.17, 15) is 14.0 Å². The highest BCUT2D eigenvalue weighted by Crippen LogP contribution is 2.39. The van der Waals surface area contributed by atoms with Crippen molar-refractivity contribution in [1.29, 1.82) is 0 Å². The summed E-state index contributed by atoms with van der Waals surface area (Å²) in [6.45, 7) is 2.62. The van der Waals surface area contributed by atoms with Crippen molar-refractivity contribution in [1.82, 2.24) is 4.90 Å². The van der Waals surface area contributed by atoms with Gasteiger partial charge in [-0.3, -0.25) is 14.5 Å². The second-order valence-corrected chi connectivity index (χ2v) is 10.4. The number of imide groups is 1. The fourth-order valence-corrected chi connectivity index (χ4v) is 5.47. The van der Waals surface area contributed by atoms with E-state index in [1.807, 2.05) is 49.4 Å². The normalized spacial score (nSPS) is 14.5. The fourth-order valence-electron chi connectivity index (χ4n) is 4.21. The van der Waals surface area contributed by atoms with Crippen LogP contribution in [0.15, 0.2) is 88.2 Å². The lowest BCUT2D eigenvalue weighted by Crippen LogP contribution is -2.27. The number of carbonyl (C=O) groups excluding carboxylic acids is 2. The molecular weight excluding hydrogens is 569 g/mol. The predicted octanol–water partition coefficient (Wildman–Crippen LogP) is 7.96. The Morgan fingerprint density at radius 1 is 0.947 bits per heavy atom. The summed E-state index contributed by atoms with van der Waals surface area (Å²) in [6.07, 6.45) is 1.68. The highest BCUT2D eigenvalue weighted by atomic mass is 79.9. The van der Waals surface area contributed by atoms with E-state index in [0.29, 0.717) is 38.6 Å². The highest BCUT2D eigenvalue weighted by molar-refractivity contribution is 9.10. The van der Waals surface area contributed by atoms with Gasteiger partial charge in [-0.1, -0.05) is 70.5 Å². The molecule has 1 saturated heterocycles. The summed E-state index contributed by atoms with van der Waals surface area (Å²) >= 11 is 4.46. The lowest BCUT2D eigenvalue weighted by molar-refractivity contribution is -0.123. The Hall–Kier alpha value is -3.62. The largest absolute Gasteiger partial charge is 0.490 e. The first-order chi connectivity index (χ1) is 18.4. The van der Waals surface area contributed by atoms with Crippen LogP contribution in [0.2, 0.25) is 0 Å². The summed E-state index contributed by atoms with van der Waals surface area (Å²) in [5.41, 5.74) is 2.26. The van der Waals surface area contributed by atoms with E-state index in [0.717, 1.165) is 28.1 Å². The van der Waals surface area contributed by atoms with Crippen LogP contribution in [-0.4, -0.2) is 22.7 Å². The van der Waals surface area contributed by atoms with Crippen molar-refractivity contribution in [2.45, 2.75) is 20.1 Å². The van der Waals surface area contributed by atoms with Crippen LogP contribution in [-0.2, 0) is 17.9 Å². The Morgan fingerprint density at radius 2 is 1.71 bits per heavy atom. The molecule has 0 bridgehead atoms. The van der Waals surface area contributed by atoms with Crippen molar-refractivity contribution in [2.75, 3.05) is 6.61 Å². The molecule has 0 unspecified atom stereocenters. The van der Waals surface area contributed by atoms with Crippen molar-refractivity contribution in [2.24, 2.45) is 0 Å². The molecule has 0 saturated carbocycles. The van der Waals surface area contributed by atoms with Crippen LogP contribution in [0.4, 0.5) is 9.18 Å². The van der Waals surface area contributed by atoms with Gasteiger partial charge in [-0.05, 0) is 76.5 Å². The number of thioether (sulfide) groups is 1. The molecule has 4 aromatic carbocycles. The number of carbonyl (C=O) groups is 2. The van der Waals surface area contributed by atoms with Crippen LogP contribution in [0, 0.1) is 5.82 Å². The molecule has 0 spiro atoms. The molecule has 0 radical (unpaired) electrons. The number of benzene rings is 4. The van der Waals surface area contributed by atoms with Crippen molar-refractivity contribution < 1.29 is 23.5 Å². The molecule has 0 atom stereocenters. The maximum atomic E-state index is 13.5. The van der Waals surface area contributed by atoms with Gasteiger partial charge in [0.05, 0.1) is 18.1 Å². The molecule has 2 amide bonds. The van der Waals surface area contributed by atoms with E-state index in [1.54, 1.807) is 30.3 Å². The first-order valence-corrected chi connectivity index (χ1v) is 13.6. The van der Waals surface area contributed by atoms with E-state index in [1.165, 1.54) is 17.0 Å². The van der Waals surface area contributed by atoms with Gasteiger partial charge in [0.15, 0.2) is 11.5 Å². The second-order valence-electron chi connectivity index (χ2n) is 8.58. The fraction of sp³-hybridized carbons (Fsp3) is 0.133. The quantitative estimate of drug-likeness (QED) is 0.194. The Balaban J connectivity index is 1.38. The van der Waals surface area contributed by atoms with Gasteiger partial charge in [0.2, 0.25) is 0 Å². The maximum absolute atomic E-state index is 13.5. The summed E-state index contributed by atoms with van der Waals surface area (Å²) in [5, 5.41) is 1.75. The third kappa shape index (κ3) is 5.61. The van der Waals surface area contributed by atoms with Gasteiger partial charge in [-0.15, -0.1) is 0 Å². The molecule has 0 N–H and O–H groups in total. The minimum absolute atomic E-state index is 0.163. The molecule has 4 aromatic rings. The first kappa shape index (κ1) is 26.0. The number of halogens is 2. The molecule has 192 valence electrons. The number of rotatable bonds is 8. The molecule has 1 aliphatic heterocycles. The van der Waals surface area contributed by atoms with Crippen LogP contribution in [0.1, 0.15) is 23.6 Å².